The minimum Gasteiger partial charge on any atom is -0.347 e. The van der Waals surface area contributed by atoms with Gasteiger partial charge in [0.1, 0.15) is 5.69 Å². The third-order valence-corrected chi connectivity index (χ3v) is 6.27. The van der Waals surface area contributed by atoms with Crippen molar-refractivity contribution >= 4 is 15.7 Å². The van der Waals surface area contributed by atoms with Crippen molar-refractivity contribution in [2.24, 2.45) is 7.05 Å². The average Bonchev–Trinajstić information content (AvgIpc) is 2.94. The van der Waals surface area contributed by atoms with Crippen molar-refractivity contribution in [1.29, 1.82) is 0 Å². The highest BCUT2D eigenvalue weighted by atomic mass is 32.2. The van der Waals surface area contributed by atoms with E-state index in [0.29, 0.717) is 25.3 Å². The van der Waals surface area contributed by atoms with Crippen molar-refractivity contribution in [1.82, 2.24) is 20.0 Å². The molecule has 0 saturated carbocycles. The van der Waals surface area contributed by atoms with E-state index in [-0.39, 0.29) is 17.4 Å². The molecule has 1 N–H and O–H groups in total. The third kappa shape index (κ3) is 4.50. The maximum Gasteiger partial charge on any atom is 0.270 e. The lowest BCUT2D eigenvalue weighted by Gasteiger charge is -2.26. The molecule has 2 aromatic rings. The molecular weight excluding hydrogens is 352 g/mol. The number of nitrogens with one attached hydrogen (secondary N) is 1. The van der Waals surface area contributed by atoms with Crippen LogP contribution in [-0.2, 0) is 30.0 Å². The van der Waals surface area contributed by atoms with Crippen LogP contribution in [0.25, 0.3) is 0 Å². The van der Waals surface area contributed by atoms with Gasteiger partial charge in [-0.1, -0.05) is 24.3 Å². The molecule has 0 spiro atoms. The molecular formula is C18H24N4O3S. The van der Waals surface area contributed by atoms with Crippen LogP contribution in [0.15, 0.2) is 30.5 Å². The highest BCUT2D eigenvalue weighted by Gasteiger charge is 2.21. The number of hydrogen-bond acceptors (Lipinski definition) is 5. The molecule has 0 aliphatic carbocycles. The Morgan fingerprint density at radius 2 is 1.77 bits per heavy atom. The van der Waals surface area contributed by atoms with E-state index in [0.717, 1.165) is 23.2 Å². The van der Waals surface area contributed by atoms with Gasteiger partial charge in [-0.15, -0.1) is 0 Å². The van der Waals surface area contributed by atoms with Gasteiger partial charge in [0.2, 0.25) is 0 Å². The number of benzene rings is 1. The molecule has 7 nitrogen and oxygen atoms in total. The van der Waals surface area contributed by atoms with E-state index < -0.39 is 9.84 Å². The predicted molar refractivity (Wildman–Crippen MR) is 99.5 cm³/mol. The Balaban J connectivity index is 1.52. The molecule has 140 valence electrons. The van der Waals surface area contributed by atoms with Crippen molar-refractivity contribution in [3.63, 3.8) is 0 Å². The second-order valence-corrected chi connectivity index (χ2v) is 9.03. The standard InChI is InChI=1S/C18H24N4O3S/c1-14-11-20-21(2)17(14)18(23)19-12-15-3-5-16(6-4-15)13-22-7-9-26(24,25)10-8-22/h3-6,11H,7-10,12-13H2,1-2H3,(H,19,23). The molecule has 2 heterocycles. The van der Waals surface area contributed by atoms with Crippen LogP contribution in [0.4, 0.5) is 0 Å². The molecule has 1 aliphatic rings. The number of aromatic nitrogens is 2. The van der Waals surface area contributed by atoms with Crippen LogP contribution in [0.3, 0.4) is 0 Å². The van der Waals surface area contributed by atoms with Crippen LogP contribution >= 0.6 is 0 Å². The highest BCUT2D eigenvalue weighted by molar-refractivity contribution is 7.91. The Kier molecular flexibility index (Phi) is 5.43. The first kappa shape index (κ1) is 18.6. The summed E-state index contributed by atoms with van der Waals surface area (Å²) in [7, 11) is -1.09. The van der Waals surface area contributed by atoms with Gasteiger partial charge in [0.05, 0.1) is 17.7 Å². The van der Waals surface area contributed by atoms with Crippen molar-refractivity contribution in [2.45, 2.75) is 20.0 Å². The van der Waals surface area contributed by atoms with Gasteiger partial charge in [-0.2, -0.15) is 5.10 Å². The van der Waals surface area contributed by atoms with Crippen LogP contribution in [-0.4, -0.2) is 53.6 Å². The normalized spacial score (nSPS) is 17.2. The summed E-state index contributed by atoms with van der Waals surface area (Å²) in [6.45, 7) is 4.24. The molecule has 26 heavy (non-hydrogen) atoms. The monoisotopic (exact) mass is 376 g/mol. The quantitative estimate of drug-likeness (QED) is 0.838. The molecule has 1 fully saturated rings. The first-order chi connectivity index (χ1) is 12.3. The van der Waals surface area contributed by atoms with Gasteiger partial charge in [0.15, 0.2) is 9.84 Å². The molecule has 1 saturated heterocycles. The number of nitrogens with zero attached hydrogens (tertiary/aromatic N) is 3. The number of carbonyl (C=O) groups is 1. The number of sulfone groups is 1. The van der Waals surface area contributed by atoms with Crippen molar-refractivity contribution in [3.8, 4) is 0 Å². The van der Waals surface area contributed by atoms with Gasteiger partial charge in [-0.3, -0.25) is 14.4 Å². The van der Waals surface area contributed by atoms with Gasteiger partial charge in [-0.25, -0.2) is 8.42 Å². The van der Waals surface area contributed by atoms with Crippen LogP contribution < -0.4 is 5.32 Å². The highest BCUT2D eigenvalue weighted by Crippen LogP contribution is 2.12. The van der Waals surface area contributed by atoms with E-state index in [1.165, 1.54) is 0 Å². The number of carbonyl (C=O) groups excluding carboxylic acids is 1. The zero-order valence-electron chi connectivity index (χ0n) is 15.1. The summed E-state index contributed by atoms with van der Waals surface area (Å²) in [6.07, 6.45) is 1.68. The van der Waals surface area contributed by atoms with E-state index in [2.05, 4.69) is 15.3 Å². The summed E-state index contributed by atoms with van der Waals surface area (Å²) < 4.78 is 24.5. The fraction of sp³-hybridized carbons (Fsp3) is 0.444. The Bertz CT molecular complexity index is 854. The van der Waals surface area contributed by atoms with Gasteiger partial charge < -0.3 is 5.32 Å². The molecule has 0 radical (unpaired) electrons. The first-order valence-electron chi connectivity index (χ1n) is 8.61. The molecule has 0 bridgehead atoms. The molecule has 1 amide bonds. The maximum absolute atomic E-state index is 12.3. The second kappa shape index (κ2) is 7.59. The summed E-state index contributed by atoms with van der Waals surface area (Å²) in [6, 6.07) is 8.04. The van der Waals surface area contributed by atoms with Gasteiger partial charge in [-0.05, 0) is 23.6 Å². The Labute approximate surface area is 153 Å². The lowest BCUT2D eigenvalue weighted by atomic mass is 10.1. The Morgan fingerprint density at radius 3 is 2.35 bits per heavy atom. The van der Waals surface area contributed by atoms with Crippen molar-refractivity contribution in [2.75, 3.05) is 24.6 Å². The minimum absolute atomic E-state index is 0.138. The molecule has 0 atom stereocenters. The SMILES string of the molecule is Cc1cnn(C)c1C(=O)NCc1ccc(CN2CCS(=O)(=O)CC2)cc1. The summed E-state index contributed by atoms with van der Waals surface area (Å²) in [4.78, 5) is 14.4. The van der Waals surface area contributed by atoms with Gasteiger partial charge in [0, 0.05) is 33.2 Å². The summed E-state index contributed by atoms with van der Waals surface area (Å²) in [5.74, 6) is 0.343. The molecule has 1 aliphatic heterocycles. The van der Waals surface area contributed by atoms with Crippen molar-refractivity contribution < 1.29 is 13.2 Å². The summed E-state index contributed by atoms with van der Waals surface area (Å²) in [5, 5.41) is 7.00. The Hall–Kier alpha value is -2.19. The average molecular weight is 376 g/mol. The Morgan fingerprint density at radius 1 is 1.15 bits per heavy atom. The van der Waals surface area contributed by atoms with Crippen LogP contribution in [0, 0.1) is 6.92 Å². The fourth-order valence-corrected chi connectivity index (χ4v) is 4.35. The van der Waals surface area contributed by atoms with E-state index in [1.807, 2.05) is 31.2 Å². The second-order valence-electron chi connectivity index (χ2n) is 6.73. The van der Waals surface area contributed by atoms with Crippen LogP contribution in [0.2, 0.25) is 0 Å². The van der Waals surface area contributed by atoms with Crippen LogP contribution in [0.5, 0.6) is 0 Å². The van der Waals surface area contributed by atoms with E-state index in [9.17, 15) is 13.2 Å². The maximum atomic E-state index is 12.3. The predicted octanol–water partition coefficient (Wildman–Crippen LogP) is 0.889. The van der Waals surface area contributed by atoms with E-state index >= 15 is 0 Å². The van der Waals surface area contributed by atoms with Gasteiger partial charge in [0.25, 0.3) is 5.91 Å². The fourth-order valence-electron chi connectivity index (χ4n) is 3.07. The van der Waals surface area contributed by atoms with E-state index in [1.54, 1.807) is 17.9 Å². The lowest BCUT2D eigenvalue weighted by Crippen LogP contribution is -2.39. The topological polar surface area (TPSA) is 84.3 Å². The van der Waals surface area contributed by atoms with Crippen molar-refractivity contribution in [3.05, 3.63) is 52.8 Å². The summed E-state index contributed by atoms with van der Waals surface area (Å²) >= 11 is 0. The number of aryl methyl sites for hydroxylation is 2. The first-order valence-corrected chi connectivity index (χ1v) is 10.4. The zero-order chi connectivity index (χ0) is 18.7. The molecule has 3 rings (SSSR count). The molecule has 1 aromatic carbocycles. The van der Waals surface area contributed by atoms with Crippen LogP contribution in [0.1, 0.15) is 27.2 Å². The smallest absolute Gasteiger partial charge is 0.270 e. The third-order valence-electron chi connectivity index (χ3n) is 4.66. The zero-order valence-corrected chi connectivity index (χ0v) is 15.9. The molecule has 0 unspecified atom stereocenters. The number of rotatable bonds is 5. The summed E-state index contributed by atoms with van der Waals surface area (Å²) in [5.41, 5.74) is 3.58. The molecule has 8 heteroatoms. The molecule has 1 aromatic heterocycles. The number of hydrogen-bond donors (Lipinski definition) is 1. The largest absolute Gasteiger partial charge is 0.347 e. The van der Waals surface area contributed by atoms with Gasteiger partial charge >= 0.3 is 0 Å². The van der Waals surface area contributed by atoms with E-state index in [4.69, 9.17) is 0 Å². The minimum atomic E-state index is -2.84. The lowest BCUT2D eigenvalue weighted by molar-refractivity contribution is 0.0941. The number of amides is 1.